The molecule has 2 aromatic carbocycles. The summed E-state index contributed by atoms with van der Waals surface area (Å²) in [7, 11) is 0. The maximum Gasteiger partial charge on any atom is 0.254 e. The first-order chi connectivity index (χ1) is 13.6. The van der Waals surface area contributed by atoms with E-state index in [1.165, 1.54) is 0 Å². The van der Waals surface area contributed by atoms with Crippen molar-refractivity contribution >= 4 is 11.8 Å². The van der Waals surface area contributed by atoms with E-state index < -0.39 is 0 Å². The first-order valence-electron chi connectivity index (χ1n) is 10.0. The molecule has 1 saturated heterocycles. The second-order valence-electron chi connectivity index (χ2n) is 7.69. The van der Waals surface area contributed by atoms with Crippen LogP contribution in [0.5, 0.6) is 5.75 Å². The molecular formula is C23H26N2O3. The molecule has 0 spiro atoms. The number of aryl methyl sites for hydroxylation is 1. The van der Waals surface area contributed by atoms with Gasteiger partial charge in [0.25, 0.3) is 11.8 Å². The molecule has 2 aliphatic rings. The Labute approximate surface area is 165 Å². The lowest BCUT2D eigenvalue weighted by molar-refractivity contribution is 0.0690. The smallest absolute Gasteiger partial charge is 0.254 e. The fourth-order valence-corrected chi connectivity index (χ4v) is 3.64. The molecule has 28 heavy (non-hydrogen) atoms. The monoisotopic (exact) mass is 378 g/mol. The largest absolute Gasteiger partial charge is 0.491 e. The molecule has 0 unspecified atom stereocenters. The molecule has 1 N–H and O–H groups in total. The fourth-order valence-electron chi connectivity index (χ4n) is 3.64. The van der Waals surface area contributed by atoms with E-state index >= 15 is 0 Å². The van der Waals surface area contributed by atoms with Gasteiger partial charge in [0, 0.05) is 23.7 Å². The Balaban J connectivity index is 1.35. The van der Waals surface area contributed by atoms with Crippen LogP contribution in [0.2, 0.25) is 0 Å². The third-order valence-corrected chi connectivity index (χ3v) is 5.48. The number of carbonyl (C=O) groups excluding carboxylic acids is 2. The van der Waals surface area contributed by atoms with E-state index in [0.29, 0.717) is 18.2 Å². The van der Waals surface area contributed by atoms with Gasteiger partial charge in [0.1, 0.15) is 12.4 Å². The van der Waals surface area contributed by atoms with Crippen LogP contribution in [0, 0.1) is 6.92 Å². The maximum atomic E-state index is 12.9. The Hall–Kier alpha value is -2.82. The molecule has 0 aromatic heterocycles. The van der Waals surface area contributed by atoms with Gasteiger partial charge in [-0.1, -0.05) is 18.2 Å². The molecule has 5 nitrogen and oxygen atoms in total. The third-order valence-electron chi connectivity index (χ3n) is 5.48. The maximum absolute atomic E-state index is 12.9. The Kier molecular flexibility index (Phi) is 5.33. The van der Waals surface area contributed by atoms with Gasteiger partial charge in [-0.3, -0.25) is 9.59 Å². The van der Waals surface area contributed by atoms with Crippen molar-refractivity contribution in [2.75, 3.05) is 13.2 Å². The molecule has 5 heteroatoms. The van der Waals surface area contributed by atoms with E-state index in [1.807, 2.05) is 48.2 Å². The van der Waals surface area contributed by atoms with Crippen LogP contribution in [0.25, 0.3) is 0 Å². The zero-order valence-electron chi connectivity index (χ0n) is 16.2. The Morgan fingerprint density at radius 3 is 2.54 bits per heavy atom. The van der Waals surface area contributed by atoms with Crippen molar-refractivity contribution in [3.05, 3.63) is 65.2 Å². The van der Waals surface area contributed by atoms with Crippen molar-refractivity contribution in [2.45, 2.75) is 44.7 Å². The number of likely N-dealkylation sites (tertiary alicyclic amines) is 1. The van der Waals surface area contributed by atoms with Gasteiger partial charge in [-0.2, -0.15) is 0 Å². The number of ether oxygens (including phenoxy) is 1. The minimum Gasteiger partial charge on any atom is -0.491 e. The van der Waals surface area contributed by atoms with Crippen molar-refractivity contribution < 1.29 is 14.3 Å². The van der Waals surface area contributed by atoms with Crippen molar-refractivity contribution in [1.29, 1.82) is 0 Å². The van der Waals surface area contributed by atoms with Crippen LogP contribution < -0.4 is 10.1 Å². The van der Waals surface area contributed by atoms with Crippen LogP contribution >= 0.6 is 0 Å². The highest BCUT2D eigenvalue weighted by atomic mass is 16.5. The molecule has 2 amide bonds. The Morgan fingerprint density at radius 1 is 1.07 bits per heavy atom. The van der Waals surface area contributed by atoms with Gasteiger partial charge < -0.3 is 15.0 Å². The molecule has 4 rings (SSSR count). The van der Waals surface area contributed by atoms with Gasteiger partial charge in [-0.25, -0.2) is 0 Å². The summed E-state index contributed by atoms with van der Waals surface area (Å²) < 4.78 is 5.94. The first kappa shape index (κ1) is 18.5. The van der Waals surface area contributed by atoms with Gasteiger partial charge in [0.15, 0.2) is 0 Å². The van der Waals surface area contributed by atoms with E-state index in [2.05, 4.69) is 5.32 Å². The van der Waals surface area contributed by atoms with Crippen molar-refractivity contribution in [3.63, 3.8) is 0 Å². The summed E-state index contributed by atoms with van der Waals surface area (Å²) in [4.78, 5) is 26.9. The number of nitrogens with zero attached hydrogens (tertiary/aromatic N) is 1. The summed E-state index contributed by atoms with van der Waals surface area (Å²) in [5.74, 6) is 0.773. The van der Waals surface area contributed by atoms with Crippen LogP contribution in [0.15, 0.2) is 48.5 Å². The van der Waals surface area contributed by atoms with E-state index in [1.54, 1.807) is 12.1 Å². The fraction of sp³-hybridized carbons (Fsp3) is 0.391. The van der Waals surface area contributed by atoms with Crippen molar-refractivity contribution in [2.24, 2.45) is 0 Å². The number of carbonyl (C=O) groups is 2. The van der Waals surface area contributed by atoms with Crippen LogP contribution in [0.4, 0.5) is 0 Å². The number of rotatable bonds is 6. The van der Waals surface area contributed by atoms with Crippen LogP contribution in [-0.2, 0) is 0 Å². The average molecular weight is 378 g/mol. The molecule has 1 aliphatic carbocycles. The molecule has 1 atom stereocenters. The second-order valence-corrected chi connectivity index (χ2v) is 7.69. The Bertz CT molecular complexity index is 858. The summed E-state index contributed by atoms with van der Waals surface area (Å²) in [6.45, 7) is 3.20. The molecule has 146 valence electrons. The van der Waals surface area contributed by atoms with Crippen molar-refractivity contribution in [3.8, 4) is 5.75 Å². The van der Waals surface area contributed by atoms with Gasteiger partial charge in [-0.05, 0) is 68.5 Å². The molecule has 2 aromatic rings. The topological polar surface area (TPSA) is 58.6 Å². The van der Waals surface area contributed by atoms with E-state index in [0.717, 1.165) is 49.1 Å². The lowest BCUT2D eigenvalue weighted by Gasteiger charge is -2.25. The van der Waals surface area contributed by atoms with Crippen molar-refractivity contribution in [1.82, 2.24) is 10.2 Å². The zero-order valence-corrected chi connectivity index (χ0v) is 16.2. The highest BCUT2D eigenvalue weighted by Gasteiger charge is 2.30. The van der Waals surface area contributed by atoms with E-state index in [-0.39, 0.29) is 17.9 Å². The van der Waals surface area contributed by atoms with E-state index in [4.69, 9.17) is 4.74 Å². The minimum absolute atomic E-state index is 0.0279. The minimum atomic E-state index is -0.0279. The van der Waals surface area contributed by atoms with Gasteiger partial charge >= 0.3 is 0 Å². The predicted molar refractivity (Wildman–Crippen MR) is 108 cm³/mol. The number of hydrogen-bond acceptors (Lipinski definition) is 3. The predicted octanol–water partition coefficient (Wildman–Crippen LogP) is 3.57. The lowest BCUT2D eigenvalue weighted by atomic mass is 10.1. The molecule has 2 fully saturated rings. The van der Waals surface area contributed by atoms with Crippen LogP contribution in [0.1, 0.15) is 52.0 Å². The third kappa shape index (κ3) is 4.19. The van der Waals surface area contributed by atoms with Crippen LogP contribution in [-0.4, -0.2) is 41.9 Å². The normalized spacial score (nSPS) is 18.8. The second kappa shape index (κ2) is 8.05. The van der Waals surface area contributed by atoms with Gasteiger partial charge in [0.2, 0.25) is 0 Å². The van der Waals surface area contributed by atoms with Crippen LogP contribution in [0.3, 0.4) is 0 Å². The number of benzene rings is 2. The molecule has 1 heterocycles. The summed E-state index contributed by atoms with van der Waals surface area (Å²) in [5, 5.41) is 2.98. The highest BCUT2D eigenvalue weighted by Crippen LogP contribution is 2.23. The summed E-state index contributed by atoms with van der Waals surface area (Å²) in [6.07, 6.45) is 4.09. The zero-order chi connectivity index (χ0) is 19.5. The molecule has 0 bridgehead atoms. The summed E-state index contributed by atoms with van der Waals surface area (Å²) >= 11 is 0. The summed E-state index contributed by atoms with van der Waals surface area (Å²) in [5.41, 5.74) is 2.41. The standard InChI is InChI=1S/C23H26N2O3/c1-16-5-2-3-7-21(16)23(27)25-14-4-6-19(25)15-28-20-12-8-17(9-13-20)22(26)24-18-10-11-18/h2-3,5,7-9,12-13,18-19H,4,6,10-11,14-15H2,1H3,(H,24,26)/t19-/m0/s1. The number of amides is 2. The SMILES string of the molecule is Cc1ccccc1C(=O)N1CCC[C@H]1COc1ccc(C(=O)NC2CC2)cc1. The first-order valence-corrected chi connectivity index (χ1v) is 10.0. The van der Waals surface area contributed by atoms with E-state index in [9.17, 15) is 9.59 Å². The van der Waals surface area contributed by atoms with Gasteiger partial charge in [0.05, 0.1) is 6.04 Å². The molecular weight excluding hydrogens is 352 g/mol. The molecule has 1 saturated carbocycles. The quantitative estimate of drug-likeness (QED) is 0.836. The van der Waals surface area contributed by atoms with Gasteiger partial charge in [-0.15, -0.1) is 0 Å². The summed E-state index contributed by atoms with van der Waals surface area (Å²) in [6, 6.07) is 15.4. The Morgan fingerprint density at radius 2 is 1.82 bits per heavy atom. The molecule has 0 radical (unpaired) electrons. The average Bonchev–Trinajstić information content (AvgIpc) is 3.40. The lowest BCUT2D eigenvalue weighted by Crippen LogP contribution is -2.39. The highest BCUT2D eigenvalue weighted by molar-refractivity contribution is 5.96. The molecule has 1 aliphatic heterocycles. The number of nitrogens with one attached hydrogen (secondary N) is 1. The number of hydrogen-bond donors (Lipinski definition) is 1.